The Morgan fingerprint density at radius 1 is 0.511 bits per heavy atom. The van der Waals surface area contributed by atoms with E-state index in [1.54, 1.807) is 0 Å². The second-order valence-corrected chi connectivity index (χ2v) is 24.7. The van der Waals surface area contributed by atoms with E-state index in [-0.39, 0.29) is 11.5 Å². The number of hydrogen-bond donors (Lipinski definition) is 1. The van der Waals surface area contributed by atoms with Gasteiger partial charge in [-0.3, -0.25) is 0 Å². The molecule has 270 valence electrons. The molecule has 9 nitrogen and oxygen atoms in total. The quantitative estimate of drug-likeness (QED) is 0.365. The molecule has 0 bridgehead atoms. The van der Waals surface area contributed by atoms with E-state index in [1.165, 1.54) is 6.42 Å². The van der Waals surface area contributed by atoms with Crippen molar-refractivity contribution in [2.24, 2.45) is 41.4 Å². The van der Waals surface area contributed by atoms with Crippen LogP contribution in [0.15, 0.2) is 0 Å². The molecule has 0 aromatic carbocycles. The van der Waals surface area contributed by atoms with E-state index in [0.717, 1.165) is 32.1 Å². The number of rotatable bonds is 8. The highest BCUT2D eigenvalue weighted by atomic mass is 32.2. The highest BCUT2D eigenvalue weighted by molar-refractivity contribution is 7.93. The zero-order valence-corrected chi connectivity index (χ0v) is 32.5. The maximum absolute atomic E-state index is 11.1. The molecule has 45 heavy (non-hydrogen) atoms. The third-order valence-electron chi connectivity index (χ3n) is 8.55. The predicted octanol–water partition coefficient (Wildman–Crippen LogP) is 4.98. The van der Waals surface area contributed by atoms with Gasteiger partial charge in [-0.25, -0.2) is 33.7 Å². The molecule has 4 aliphatic heterocycles. The molecule has 1 N–H and O–H groups in total. The summed E-state index contributed by atoms with van der Waals surface area (Å²) < 4.78 is 87.7. The van der Waals surface area contributed by atoms with E-state index in [9.17, 15) is 38.8 Å². The van der Waals surface area contributed by atoms with Gasteiger partial charge in [-0.1, -0.05) is 55.4 Å². The largest absolute Gasteiger partial charge is 0.389 e. The van der Waals surface area contributed by atoms with Gasteiger partial charge in [0.1, 0.15) is 9.84 Å². The van der Waals surface area contributed by atoms with Crippen molar-refractivity contribution in [3.63, 3.8) is 0 Å². The summed E-state index contributed by atoms with van der Waals surface area (Å²) in [5, 5.41) is 9.82. The van der Waals surface area contributed by atoms with Crippen LogP contribution < -0.4 is 0 Å². The van der Waals surface area contributed by atoms with Crippen LogP contribution in [0.5, 0.6) is 0 Å². The first-order chi connectivity index (χ1) is 20.3. The second-order valence-electron chi connectivity index (χ2n) is 15.9. The minimum Gasteiger partial charge on any atom is -0.389 e. The Morgan fingerprint density at radius 2 is 0.911 bits per heavy atom. The number of aliphatic hydroxyl groups is 1. The number of sulfone groups is 4. The van der Waals surface area contributed by atoms with Crippen LogP contribution in [0.4, 0.5) is 0 Å². The standard InChI is InChI=1S/C9H18O2S.C8H16O3S.C8H16O2S.C7H14O2S/c1-8(2)7-9-3-5-12(10,11)6-4-9;1-7(2)5-8(9)3-4-12(10,11)6-8;1-7(2)5-8-3-4-11(9,10)6-8;1-6(2)3-7-4-10(8,9)5-7/h8-9H,3-7H2,1-2H3;7,9H,3-6H2,1-2H3;7-8H,3-6H2,1-2H3;6-7H,3-5H2,1-2H3. The Bertz CT molecular complexity index is 1290. The summed E-state index contributed by atoms with van der Waals surface area (Å²) in [6.45, 7) is 16.9. The van der Waals surface area contributed by atoms with Gasteiger partial charge in [-0.15, -0.1) is 0 Å². The fourth-order valence-corrected chi connectivity index (χ4v) is 13.9. The topological polar surface area (TPSA) is 157 Å². The molecule has 0 saturated carbocycles. The summed E-state index contributed by atoms with van der Waals surface area (Å²) >= 11 is 0. The minimum absolute atomic E-state index is 0.0435. The smallest absolute Gasteiger partial charge is 0.153 e. The third kappa shape index (κ3) is 19.4. The van der Waals surface area contributed by atoms with Gasteiger partial charge >= 0.3 is 0 Å². The molecule has 4 saturated heterocycles. The Hall–Kier alpha value is -0.240. The Kier molecular flexibility index (Phi) is 17.1. The van der Waals surface area contributed by atoms with E-state index < -0.39 is 45.0 Å². The van der Waals surface area contributed by atoms with Crippen LogP contribution >= 0.6 is 0 Å². The van der Waals surface area contributed by atoms with Gasteiger partial charge in [0.05, 0.1) is 51.6 Å². The Balaban J connectivity index is 0.000000301. The van der Waals surface area contributed by atoms with Crippen LogP contribution in [-0.2, 0) is 39.3 Å². The van der Waals surface area contributed by atoms with Crippen LogP contribution in [0.3, 0.4) is 0 Å². The van der Waals surface area contributed by atoms with Crippen molar-refractivity contribution in [3.05, 3.63) is 0 Å². The molecule has 4 aliphatic rings. The predicted molar refractivity (Wildman–Crippen MR) is 186 cm³/mol. The summed E-state index contributed by atoms with van der Waals surface area (Å²) in [5.74, 6) is 6.57. The van der Waals surface area contributed by atoms with Crippen LogP contribution in [0.2, 0.25) is 0 Å². The van der Waals surface area contributed by atoms with E-state index >= 15 is 0 Å². The average Bonchev–Trinajstić information content (AvgIpc) is 3.29. The molecule has 2 unspecified atom stereocenters. The lowest BCUT2D eigenvalue weighted by atomic mass is 9.92. The zero-order valence-electron chi connectivity index (χ0n) is 29.2. The Morgan fingerprint density at radius 3 is 1.27 bits per heavy atom. The van der Waals surface area contributed by atoms with Gasteiger partial charge in [0.15, 0.2) is 29.5 Å². The average molecular weight is 721 g/mol. The van der Waals surface area contributed by atoms with Gasteiger partial charge in [0.25, 0.3) is 0 Å². The van der Waals surface area contributed by atoms with Gasteiger partial charge in [-0.05, 0) is 92.8 Å². The fourth-order valence-electron chi connectivity index (χ4n) is 6.86. The minimum atomic E-state index is -2.95. The van der Waals surface area contributed by atoms with Gasteiger partial charge in [0, 0.05) is 0 Å². The summed E-state index contributed by atoms with van der Waals surface area (Å²) in [6, 6.07) is 0. The number of hydrogen-bond acceptors (Lipinski definition) is 9. The molecule has 0 amide bonds. The van der Waals surface area contributed by atoms with Crippen molar-refractivity contribution >= 4 is 39.3 Å². The highest BCUT2D eigenvalue weighted by Crippen LogP contribution is 2.30. The van der Waals surface area contributed by atoms with Crippen LogP contribution in [0.25, 0.3) is 0 Å². The van der Waals surface area contributed by atoms with Crippen molar-refractivity contribution in [1.29, 1.82) is 0 Å². The molecule has 4 heterocycles. The lowest BCUT2D eigenvalue weighted by Crippen LogP contribution is -2.36. The van der Waals surface area contributed by atoms with Crippen molar-refractivity contribution in [3.8, 4) is 0 Å². The molecule has 0 spiro atoms. The first-order valence-electron chi connectivity index (χ1n) is 16.9. The zero-order chi connectivity index (χ0) is 34.9. The van der Waals surface area contributed by atoms with Crippen LogP contribution in [-0.4, -0.2) is 90.4 Å². The van der Waals surface area contributed by atoms with E-state index in [2.05, 4.69) is 41.5 Å². The first kappa shape index (κ1) is 42.8. The van der Waals surface area contributed by atoms with Crippen molar-refractivity contribution in [2.45, 2.75) is 112 Å². The van der Waals surface area contributed by atoms with E-state index in [1.807, 2.05) is 13.8 Å². The monoisotopic (exact) mass is 720 g/mol. The van der Waals surface area contributed by atoms with Gasteiger partial charge in [0.2, 0.25) is 0 Å². The molecule has 0 aromatic heterocycles. The molecule has 4 fully saturated rings. The lowest BCUT2D eigenvalue weighted by Gasteiger charge is -2.26. The van der Waals surface area contributed by atoms with E-state index in [0.29, 0.717) is 88.8 Å². The molecule has 0 radical (unpaired) electrons. The van der Waals surface area contributed by atoms with Crippen LogP contribution in [0.1, 0.15) is 107 Å². The van der Waals surface area contributed by atoms with Crippen molar-refractivity contribution < 1.29 is 38.8 Å². The lowest BCUT2D eigenvalue weighted by molar-refractivity contribution is 0.0458. The van der Waals surface area contributed by atoms with Gasteiger partial charge in [-0.2, -0.15) is 0 Å². The fraction of sp³-hybridized carbons (Fsp3) is 1.00. The van der Waals surface area contributed by atoms with E-state index in [4.69, 9.17) is 0 Å². The maximum Gasteiger partial charge on any atom is 0.153 e. The van der Waals surface area contributed by atoms with Crippen molar-refractivity contribution in [2.75, 3.05) is 46.0 Å². The first-order valence-corrected chi connectivity index (χ1v) is 24.1. The SMILES string of the molecule is CC(C)CC1(O)CCS(=O)(=O)C1.CC(C)CC1CCS(=O)(=O)C1.CC(C)CC1CCS(=O)(=O)CC1.CC(C)CC1CS(=O)(=O)C1. The summed E-state index contributed by atoms with van der Waals surface area (Å²) in [4.78, 5) is 0. The Labute approximate surface area is 276 Å². The summed E-state index contributed by atoms with van der Waals surface area (Å²) in [6.07, 6.45) is 7.00. The maximum atomic E-state index is 11.1. The third-order valence-corrected chi connectivity index (χ3v) is 15.9. The van der Waals surface area contributed by atoms with Crippen LogP contribution in [0, 0.1) is 41.4 Å². The molecule has 0 aliphatic carbocycles. The van der Waals surface area contributed by atoms with Gasteiger partial charge < -0.3 is 5.11 Å². The molecular weight excluding hydrogens is 657 g/mol. The molecular formula is C32H64O9S4. The molecule has 13 heteroatoms. The normalized spacial score (nSPS) is 28.4. The van der Waals surface area contributed by atoms with Crippen molar-refractivity contribution in [1.82, 2.24) is 0 Å². The molecule has 2 atom stereocenters. The summed E-state index contributed by atoms with van der Waals surface area (Å²) in [5.41, 5.74) is -0.938. The molecule has 4 rings (SSSR count). The summed E-state index contributed by atoms with van der Waals surface area (Å²) in [7, 11) is -10.8. The highest BCUT2D eigenvalue weighted by Gasteiger charge is 2.40. The molecule has 0 aromatic rings. The second kappa shape index (κ2) is 18.0.